The first-order valence-electron chi connectivity index (χ1n) is 4.19. The predicted molar refractivity (Wildman–Crippen MR) is 55.8 cm³/mol. The van der Waals surface area contributed by atoms with E-state index in [2.05, 4.69) is 9.98 Å². The summed E-state index contributed by atoms with van der Waals surface area (Å²) in [5.41, 5.74) is 6.86. The fourth-order valence-corrected chi connectivity index (χ4v) is 2.11. The zero-order valence-electron chi connectivity index (χ0n) is 7.18. The van der Waals surface area contributed by atoms with E-state index in [9.17, 15) is 0 Å². The van der Waals surface area contributed by atoms with Gasteiger partial charge in [0, 0.05) is 18.1 Å². The predicted octanol–water partition coefficient (Wildman–Crippen LogP) is 1.05. The molecule has 1 aromatic rings. The molecular formula is C9H11N3S. The summed E-state index contributed by atoms with van der Waals surface area (Å²) in [6, 6.07) is 4.40. The standard InChI is InChI=1S/C9H11N3S/c10-9-12-8(6-13-9)5-7-1-3-11-4-2-7/h1-4,8H,5-6H2,(H2,10,12)/t8-/m1/s1. The third kappa shape index (κ3) is 2.21. The summed E-state index contributed by atoms with van der Waals surface area (Å²) in [6.07, 6.45) is 4.59. The molecule has 1 aliphatic rings. The molecule has 1 atom stereocenters. The van der Waals surface area contributed by atoms with Gasteiger partial charge in [-0.1, -0.05) is 11.8 Å². The van der Waals surface area contributed by atoms with Crippen molar-refractivity contribution in [2.75, 3.05) is 5.75 Å². The van der Waals surface area contributed by atoms with Gasteiger partial charge in [0.15, 0.2) is 5.17 Å². The molecule has 2 N–H and O–H groups in total. The van der Waals surface area contributed by atoms with Crippen LogP contribution in [0.25, 0.3) is 0 Å². The first-order valence-corrected chi connectivity index (χ1v) is 5.18. The van der Waals surface area contributed by atoms with Crippen LogP contribution in [0.2, 0.25) is 0 Å². The van der Waals surface area contributed by atoms with Crippen molar-refractivity contribution in [2.24, 2.45) is 10.7 Å². The Hall–Kier alpha value is -1.03. The van der Waals surface area contributed by atoms with Gasteiger partial charge in [-0.25, -0.2) is 0 Å². The van der Waals surface area contributed by atoms with Crippen LogP contribution in [-0.4, -0.2) is 21.9 Å². The Morgan fingerprint density at radius 3 is 2.85 bits per heavy atom. The molecule has 0 spiro atoms. The van der Waals surface area contributed by atoms with E-state index in [1.165, 1.54) is 5.56 Å². The molecule has 2 rings (SSSR count). The highest BCUT2D eigenvalue weighted by Crippen LogP contribution is 2.18. The van der Waals surface area contributed by atoms with Gasteiger partial charge in [0.05, 0.1) is 6.04 Å². The van der Waals surface area contributed by atoms with Gasteiger partial charge in [0.2, 0.25) is 0 Å². The lowest BCUT2D eigenvalue weighted by atomic mass is 10.1. The lowest BCUT2D eigenvalue weighted by molar-refractivity contribution is 0.761. The average Bonchev–Trinajstić information content (AvgIpc) is 2.53. The van der Waals surface area contributed by atoms with Crippen molar-refractivity contribution in [1.82, 2.24) is 4.98 Å². The molecule has 13 heavy (non-hydrogen) atoms. The number of pyridine rings is 1. The van der Waals surface area contributed by atoms with Crippen molar-refractivity contribution >= 4 is 16.9 Å². The van der Waals surface area contributed by atoms with Crippen molar-refractivity contribution in [3.8, 4) is 0 Å². The van der Waals surface area contributed by atoms with E-state index in [-0.39, 0.29) is 0 Å². The normalized spacial score (nSPS) is 21.5. The monoisotopic (exact) mass is 193 g/mol. The van der Waals surface area contributed by atoms with Crippen LogP contribution in [0.5, 0.6) is 0 Å². The minimum atomic E-state index is 0.354. The van der Waals surface area contributed by atoms with E-state index in [1.807, 2.05) is 24.5 Å². The number of aromatic nitrogens is 1. The Morgan fingerprint density at radius 2 is 2.23 bits per heavy atom. The molecule has 0 bridgehead atoms. The molecule has 4 heteroatoms. The molecule has 0 unspecified atom stereocenters. The third-order valence-corrected chi connectivity index (χ3v) is 2.91. The number of nitrogens with two attached hydrogens (primary N) is 1. The van der Waals surface area contributed by atoms with Gasteiger partial charge < -0.3 is 5.73 Å². The van der Waals surface area contributed by atoms with E-state index in [4.69, 9.17) is 5.73 Å². The zero-order valence-corrected chi connectivity index (χ0v) is 8.00. The number of rotatable bonds is 2. The highest BCUT2D eigenvalue weighted by Gasteiger charge is 2.15. The van der Waals surface area contributed by atoms with Crippen molar-refractivity contribution < 1.29 is 0 Å². The molecule has 0 saturated carbocycles. The molecule has 0 fully saturated rings. The van der Waals surface area contributed by atoms with Crippen LogP contribution < -0.4 is 5.73 Å². The maximum absolute atomic E-state index is 5.58. The summed E-state index contributed by atoms with van der Waals surface area (Å²) in [5.74, 6) is 1.01. The second kappa shape index (κ2) is 3.79. The lowest BCUT2D eigenvalue weighted by Gasteiger charge is -2.04. The molecule has 3 nitrogen and oxygen atoms in total. The van der Waals surface area contributed by atoms with E-state index < -0.39 is 0 Å². The minimum absolute atomic E-state index is 0.354. The second-order valence-corrected chi connectivity index (χ2v) is 4.03. The second-order valence-electron chi connectivity index (χ2n) is 2.99. The minimum Gasteiger partial charge on any atom is -0.379 e. The molecule has 0 radical (unpaired) electrons. The number of hydrogen-bond acceptors (Lipinski definition) is 4. The zero-order chi connectivity index (χ0) is 9.10. The Balaban J connectivity index is 2.00. The largest absolute Gasteiger partial charge is 0.379 e. The molecule has 0 aliphatic carbocycles. The van der Waals surface area contributed by atoms with Crippen LogP contribution in [-0.2, 0) is 6.42 Å². The summed E-state index contributed by atoms with van der Waals surface area (Å²) in [6.45, 7) is 0. The van der Waals surface area contributed by atoms with E-state index in [0.29, 0.717) is 6.04 Å². The van der Waals surface area contributed by atoms with E-state index in [0.717, 1.165) is 17.3 Å². The molecular weight excluding hydrogens is 182 g/mol. The fourth-order valence-electron chi connectivity index (χ4n) is 1.33. The van der Waals surface area contributed by atoms with Crippen LogP contribution in [0, 0.1) is 0 Å². The highest BCUT2D eigenvalue weighted by atomic mass is 32.2. The quantitative estimate of drug-likeness (QED) is 0.764. The summed E-state index contributed by atoms with van der Waals surface area (Å²) in [7, 11) is 0. The van der Waals surface area contributed by atoms with E-state index >= 15 is 0 Å². The smallest absolute Gasteiger partial charge is 0.154 e. The van der Waals surface area contributed by atoms with Gasteiger partial charge in [-0.05, 0) is 24.1 Å². The Bertz CT molecular complexity index is 310. The van der Waals surface area contributed by atoms with Crippen molar-refractivity contribution in [3.63, 3.8) is 0 Å². The summed E-state index contributed by atoms with van der Waals surface area (Å²) >= 11 is 1.64. The van der Waals surface area contributed by atoms with E-state index in [1.54, 1.807) is 11.8 Å². The van der Waals surface area contributed by atoms with Gasteiger partial charge in [-0.15, -0.1) is 0 Å². The summed E-state index contributed by atoms with van der Waals surface area (Å²) in [4.78, 5) is 8.29. The topological polar surface area (TPSA) is 51.3 Å². The number of thioether (sulfide) groups is 1. The molecule has 0 aromatic carbocycles. The van der Waals surface area contributed by atoms with Gasteiger partial charge in [0.25, 0.3) is 0 Å². The highest BCUT2D eigenvalue weighted by molar-refractivity contribution is 8.14. The Kier molecular flexibility index (Phi) is 2.49. The first-order chi connectivity index (χ1) is 6.34. The number of hydrogen-bond donors (Lipinski definition) is 1. The Morgan fingerprint density at radius 1 is 1.46 bits per heavy atom. The fraction of sp³-hybridized carbons (Fsp3) is 0.333. The molecule has 0 saturated heterocycles. The number of amidine groups is 1. The van der Waals surface area contributed by atoms with Crippen LogP contribution in [0.4, 0.5) is 0 Å². The van der Waals surface area contributed by atoms with Gasteiger partial charge >= 0.3 is 0 Å². The summed E-state index contributed by atoms with van der Waals surface area (Å²) < 4.78 is 0. The number of nitrogens with zero attached hydrogens (tertiary/aromatic N) is 2. The molecule has 2 heterocycles. The maximum Gasteiger partial charge on any atom is 0.154 e. The first kappa shape index (κ1) is 8.56. The van der Waals surface area contributed by atoms with Gasteiger partial charge in [-0.2, -0.15) is 0 Å². The van der Waals surface area contributed by atoms with Crippen LogP contribution >= 0.6 is 11.8 Å². The average molecular weight is 193 g/mol. The van der Waals surface area contributed by atoms with Gasteiger partial charge in [0.1, 0.15) is 0 Å². The van der Waals surface area contributed by atoms with Crippen molar-refractivity contribution in [1.29, 1.82) is 0 Å². The van der Waals surface area contributed by atoms with Crippen LogP contribution in [0.1, 0.15) is 5.56 Å². The molecule has 0 amide bonds. The van der Waals surface area contributed by atoms with Crippen molar-refractivity contribution in [3.05, 3.63) is 30.1 Å². The SMILES string of the molecule is NC1=N[C@H](Cc2ccncc2)CS1. The van der Waals surface area contributed by atoms with Crippen LogP contribution in [0.15, 0.2) is 29.5 Å². The maximum atomic E-state index is 5.58. The van der Waals surface area contributed by atoms with Gasteiger partial charge in [-0.3, -0.25) is 9.98 Å². The summed E-state index contributed by atoms with van der Waals surface area (Å²) in [5, 5.41) is 0.721. The number of aliphatic imine (C=N–C) groups is 1. The molecule has 1 aliphatic heterocycles. The molecule has 1 aromatic heterocycles. The Labute approximate surface area is 81.5 Å². The molecule has 68 valence electrons. The lowest BCUT2D eigenvalue weighted by Crippen LogP contribution is -2.08. The third-order valence-electron chi connectivity index (χ3n) is 1.95. The van der Waals surface area contributed by atoms with Crippen molar-refractivity contribution in [2.45, 2.75) is 12.5 Å². The van der Waals surface area contributed by atoms with Crippen LogP contribution in [0.3, 0.4) is 0 Å².